The van der Waals surface area contributed by atoms with Crippen LogP contribution in [0.15, 0.2) is 66.7 Å². The standard InChI is InChI=1S/C24H25/c1-3-10-19(11-4-1)18-24(21-12-5-2-6-13-21)23-17-9-15-20-14-7-8-16-22(20)23/h3-4,7-11,14-17,21,24H,2,5-6,12-13,18H2. The fourth-order valence-electron chi connectivity index (χ4n) is 4.45. The number of hydrogen-bond acceptors (Lipinski definition) is 0. The van der Waals surface area contributed by atoms with Crippen molar-refractivity contribution in [2.45, 2.75) is 44.4 Å². The highest BCUT2D eigenvalue weighted by atomic mass is 14.3. The van der Waals surface area contributed by atoms with Crippen molar-refractivity contribution in [3.8, 4) is 0 Å². The third-order valence-electron chi connectivity index (χ3n) is 5.68. The maximum absolute atomic E-state index is 3.15. The summed E-state index contributed by atoms with van der Waals surface area (Å²) in [6.45, 7) is 0. The first-order valence-electron chi connectivity index (χ1n) is 9.34. The van der Waals surface area contributed by atoms with E-state index in [-0.39, 0.29) is 0 Å². The van der Waals surface area contributed by atoms with E-state index in [0.29, 0.717) is 5.92 Å². The molecule has 0 nitrogen and oxygen atoms in total. The Kier molecular flexibility index (Phi) is 4.64. The van der Waals surface area contributed by atoms with Gasteiger partial charge in [-0.2, -0.15) is 0 Å². The summed E-state index contributed by atoms with van der Waals surface area (Å²) in [5.74, 6) is 1.44. The van der Waals surface area contributed by atoms with Gasteiger partial charge in [-0.3, -0.25) is 0 Å². The highest BCUT2D eigenvalue weighted by Gasteiger charge is 2.26. The SMILES string of the molecule is [c]1ccc(CC(c2cccc3ccccc23)C2CCCCC2)cc1. The second kappa shape index (κ2) is 7.21. The van der Waals surface area contributed by atoms with Crippen LogP contribution in [-0.2, 0) is 6.42 Å². The lowest BCUT2D eigenvalue weighted by Gasteiger charge is -2.31. The Hall–Kier alpha value is -2.08. The molecule has 0 saturated heterocycles. The van der Waals surface area contributed by atoms with E-state index >= 15 is 0 Å². The fourth-order valence-corrected chi connectivity index (χ4v) is 4.45. The first-order valence-corrected chi connectivity index (χ1v) is 9.34. The van der Waals surface area contributed by atoms with E-state index in [0.717, 1.165) is 12.3 Å². The van der Waals surface area contributed by atoms with E-state index in [4.69, 9.17) is 0 Å². The lowest BCUT2D eigenvalue weighted by atomic mass is 9.73. The van der Waals surface area contributed by atoms with Crippen molar-refractivity contribution >= 4 is 10.8 Å². The molecule has 0 heteroatoms. The van der Waals surface area contributed by atoms with Gasteiger partial charge in [-0.05, 0) is 59.1 Å². The maximum Gasteiger partial charge on any atom is -0.00870 e. The van der Waals surface area contributed by atoms with E-state index in [1.807, 2.05) is 0 Å². The van der Waals surface area contributed by atoms with Crippen LogP contribution in [0.5, 0.6) is 0 Å². The average molecular weight is 313 g/mol. The molecule has 1 aliphatic rings. The Morgan fingerprint density at radius 2 is 1.58 bits per heavy atom. The Balaban J connectivity index is 1.76. The second-order valence-corrected chi connectivity index (χ2v) is 7.19. The van der Waals surface area contributed by atoms with Crippen LogP contribution >= 0.6 is 0 Å². The summed E-state index contributed by atoms with van der Waals surface area (Å²) in [5, 5.41) is 2.82. The summed E-state index contributed by atoms with van der Waals surface area (Å²) in [5.41, 5.74) is 2.99. The molecule has 1 radical (unpaired) electrons. The fraction of sp³-hybridized carbons (Fsp3) is 0.333. The average Bonchev–Trinajstić information content (AvgIpc) is 2.67. The minimum atomic E-state index is 0.624. The molecule has 1 atom stereocenters. The van der Waals surface area contributed by atoms with Crippen molar-refractivity contribution in [1.29, 1.82) is 0 Å². The lowest BCUT2D eigenvalue weighted by molar-refractivity contribution is 0.303. The zero-order valence-electron chi connectivity index (χ0n) is 14.2. The monoisotopic (exact) mass is 313 g/mol. The molecule has 0 heterocycles. The zero-order valence-corrected chi connectivity index (χ0v) is 14.2. The highest BCUT2D eigenvalue weighted by Crippen LogP contribution is 2.40. The predicted molar refractivity (Wildman–Crippen MR) is 102 cm³/mol. The first-order chi connectivity index (χ1) is 11.9. The van der Waals surface area contributed by atoms with Gasteiger partial charge in [0.15, 0.2) is 0 Å². The van der Waals surface area contributed by atoms with Crippen molar-refractivity contribution < 1.29 is 0 Å². The zero-order chi connectivity index (χ0) is 16.2. The van der Waals surface area contributed by atoms with Gasteiger partial charge in [0.25, 0.3) is 0 Å². The third kappa shape index (κ3) is 3.24. The summed E-state index contributed by atoms with van der Waals surface area (Å²) in [7, 11) is 0. The molecule has 0 amide bonds. The third-order valence-corrected chi connectivity index (χ3v) is 5.68. The summed E-state index contributed by atoms with van der Waals surface area (Å²) >= 11 is 0. The Morgan fingerprint density at radius 3 is 2.42 bits per heavy atom. The Labute approximate surface area is 145 Å². The van der Waals surface area contributed by atoms with Crippen LogP contribution in [0.25, 0.3) is 10.8 Å². The smallest absolute Gasteiger partial charge is 0.00870 e. The summed E-state index contributed by atoms with van der Waals surface area (Å²) in [6, 6.07) is 27.5. The maximum atomic E-state index is 3.15. The van der Waals surface area contributed by atoms with Crippen molar-refractivity contribution in [1.82, 2.24) is 0 Å². The van der Waals surface area contributed by atoms with Gasteiger partial charge in [0.2, 0.25) is 0 Å². The van der Waals surface area contributed by atoms with Crippen molar-refractivity contribution in [3.63, 3.8) is 0 Å². The Morgan fingerprint density at radius 1 is 0.833 bits per heavy atom. The van der Waals surface area contributed by atoms with Crippen molar-refractivity contribution in [2.75, 3.05) is 0 Å². The van der Waals surface area contributed by atoms with Crippen LogP contribution in [0.1, 0.15) is 49.1 Å². The summed E-state index contributed by atoms with van der Waals surface area (Å²) < 4.78 is 0. The molecular weight excluding hydrogens is 288 g/mol. The number of fused-ring (bicyclic) bond motifs is 1. The molecule has 1 saturated carbocycles. The number of hydrogen-bond donors (Lipinski definition) is 0. The van der Waals surface area contributed by atoms with Gasteiger partial charge >= 0.3 is 0 Å². The van der Waals surface area contributed by atoms with E-state index < -0.39 is 0 Å². The van der Waals surface area contributed by atoms with E-state index in [1.54, 1.807) is 5.56 Å². The molecule has 3 aromatic rings. The topological polar surface area (TPSA) is 0 Å². The van der Waals surface area contributed by atoms with Gasteiger partial charge in [0, 0.05) is 0 Å². The van der Waals surface area contributed by atoms with Crippen LogP contribution < -0.4 is 0 Å². The molecule has 1 aliphatic carbocycles. The van der Waals surface area contributed by atoms with E-state index in [9.17, 15) is 0 Å². The molecule has 121 valence electrons. The van der Waals surface area contributed by atoms with Gasteiger partial charge in [-0.25, -0.2) is 0 Å². The quantitative estimate of drug-likeness (QED) is 0.512. The summed E-state index contributed by atoms with van der Waals surface area (Å²) in [6.07, 6.45) is 8.12. The highest BCUT2D eigenvalue weighted by molar-refractivity contribution is 5.86. The van der Waals surface area contributed by atoms with Crippen LogP contribution in [0.3, 0.4) is 0 Å². The van der Waals surface area contributed by atoms with Gasteiger partial charge in [0.1, 0.15) is 0 Å². The van der Waals surface area contributed by atoms with Crippen molar-refractivity contribution in [3.05, 3.63) is 83.9 Å². The molecule has 3 aromatic carbocycles. The van der Waals surface area contributed by atoms with Crippen LogP contribution in [0.4, 0.5) is 0 Å². The molecule has 0 spiro atoms. The van der Waals surface area contributed by atoms with Crippen LogP contribution in [-0.4, -0.2) is 0 Å². The van der Waals surface area contributed by atoms with Gasteiger partial charge in [0.05, 0.1) is 0 Å². The van der Waals surface area contributed by atoms with Crippen LogP contribution in [0.2, 0.25) is 0 Å². The molecule has 1 unspecified atom stereocenters. The normalized spacial score (nSPS) is 17.0. The molecule has 0 aliphatic heterocycles. The second-order valence-electron chi connectivity index (χ2n) is 7.19. The van der Waals surface area contributed by atoms with Gasteiger partial charge < -0.3 is 0 Å². The largest absolute Gasteiger partial charge is 0.0616 e. The van der Waals surface area contributed by atoms with Crippen LogP contribution in [0, 0.1) is 12.0 Å². The van der Waals surface area contributed by atoms with Crippen molar-refractivity contribution in [2.24, 2.45) is 5.92 Å². The van der Waals surface area contributed by atoms with E-state index in [2.05, 4.69) is 72.8 Å². The minimum absolute atomic E-state index is 0.624. The number of rotatable bonds is 4. The molecule has 0 N–H and O–H groups in total. The molecule has 0 bridgehead atoms. The van der Waals surface area contributed by atoms with Gasteiger partial charge in [-0.15, -0.1) is 0 Å². The number of benzene rings is 3. The summed E-state index contributed by atoms with van der Waals surface area (Å²) in [4.78, 5) is 0. The lowest BCUT2D eigenvalue weighted by Crippen LogP contribution is -2.19. The molecule has 0 aromatic heterocycles. The molecule has 4 rings (SSSR count). The molecule has 24 heavy (non-hydrogen) atoms. The minimum Gasteiger partial charge on any atom is -0.0616 e. The Bertz CT molecular complexity index is 776. The van der Waals surface area contributed by atoms with Gasteiger partial charge in [-0.1, -0.05) is 86.0 Å². The molecular formula is C24H25. The van der Waals surface area contributed by atoms with E-state index in [1.165, 1.54) is 48.4 Å². The first kappa shape index (κ1) is 15.4. The predicted octanol–water partition coefficient (Wildman–Crippen LogP) is 6.55. The molecule has 1 fully saturated rings.